The molecule has 4 heteroatoms. The smallest absolute Gasteiger partial charge is 0.545 e. The molecule has 11 heavy (non-hydrogen) atoms. The van der Waals surface area contributed by atoms with Gasteiger partial charge < -0.3 is 9.90 Å². The Morgan fingerprint density at radius 3 is 2.64 bits per heavy atom. The molecule has 0 spiro atoms. The average Bonchev–Trinajstić information content (AvgIpc) is 1.88. The van der Waals surface area contributed by atoms with Gasteiger partial charge >= 0.3 is 17.1 Å². The van der Waals surface area contributed by atoms with Crippen LogP contribution in [0.1, 0.15) is 6.42 Å². The van der Waals surface area contributed by atoms with Crippen LogP contribution in [0.25, 0.3) is 0 Å². The van der Waals surface area contributed by atoms with Crippen molar-refractivity contribution < 1.29 is 27.0 Å². The Morgan fingerprint density at radius 2 is 2.27 bits per heavy atom. The molecule has 0 saturated carbocycles. The van der Waals surface area contributed by atoms with E-state index in [9.17, 15) is 9.90 Å². The van der Waals surface area contributed by atoms with E-state index in [1.165, 1.54) is 6.08 Å². The fourth-order valence-electron chi connectivity index (χ4n) is 0.724. The standard InChI is InChI=1S/C7H6O2S.Cu/c8-7(9)5-3-1-2-4-6(5)10;/h1-3H,4H2,(H,8,9);/q;+1/p-1. The minimum Gasteiger partial charge on any atom is -0.545 e. The van der Waals surface area contributed by atoms with Gasteiger partial charge in [-0.2, -0.15) is 0 Å². The van der Waals surface area contributed by atoms with E-state index in [-0.39, 0.29) is 22.6 Å². The minimum absolute atomic E-state index is 0. The molecule has 62 valence electrons. The van der Waals surface area contributed by atoms with Gasteiger partial charge in [-0.25, -0.2) is 0 Å². The minimum atomic E-state index is -1.19. The maximum absolute atomic E-state index is 10.3. The number of thiocarbonyl (C=S) groups is 1. The molecule has 1 aliphatic carbocycles. The number of carbonyl (C=O) groups excluding carboxylic acids is 1. The number of aliphatic carboxylic acids is 1. The third-order valence-electron chi connectivity index (χ3n) is 1.22. The molecule has 0 unspecified atom stereocenters. The first-order valence-corrected chi connectivity index (χ1v) is 3.24. The Bertz CT molecular complexity index is 243. The van der Waals surface area contributed by atoms with Gasteiger partial charge in [-0.15, -0.1) is 0 Å². The first-order chi connectivity index (χ1) is 4.72. The number of carboxylic acid groups (broad SMARTS) is 1. The summed E-state index contributed by atoms with van der Waals surface area (Å²) in [4.78, 5) is 10.7. The third-order valence-corrected chi connectivity index (χ3v) is 1.61. The van der Waals surface area contributed by atoms with Gasteiger partial charge in [0.15, 0.2) is 0 Å². The summed E-state index contributed by atoms with van der Waals surface area (Å²) in [7, 11) is 0. The van der Waals surface area contributed by atoms with Crippen molar-refractivity contribution >= 4 is 23.1 Å². The van der Waals surface area contributed by atoms with Gasteiger partial charge in [0.2, 0.25) is 0 Å². The van der Waals surface area contributed by atoms with E-state index >= 15 is 0 Å². The van der Waals surface area contributed by atoms with Gasteiger partial charge in [-0.05, 0) is 0 Å². The molecule has 0 atom stereocenters. The van der Waals surface area contributed by atoms with E-state index in [0.29, 0.717) is 11.3 Å². The third kappa shape index (κ3) is 2.58. The van der Waals surface area contributed by atoms with Crippen LogP contribution in [0.15, 0.2) is 23.8 Å². The first kappa shape index (κ1) is 10.6. The van der Waals surface area contributed by atoms with Crippen molar-refractivity contribution in [2.24, 2.45) is 0 Å². The topological polar surface area (TPSA) is 40.1 Å². The fraction of sp³-hybridized carbons (Fsp3) is 0.143. The molecule has 0 aromatic carbocycles. The molecular formula is C7H5CuO2S. The maximum Gasteiger partial charge on any atom is 1.00 e. The molecule has 0 saturated heterocycles. The van der Waals surface area contributed by atoms with Crippen molar-refractivity contribution in [1.82, 2.24) is 0 Å². The second-order valence-electron chi connectivity index (χ2n) is 1.92. The summed E-state index contributed by atoms with van der Waals surface area (Å²) in [5.41, 5.74) is 0.137. The Morgan fingerprint density at radius 1 is 1.64 bits per heavy atom. The zero-order valence-corrected chi connectivity index (χ0v) is 7.22. The van der Waals surface area contributed by atoms with E-state index in [1.807, 2.05) is 6.08 Å². The monoisotopic (exact) mass is 216 g/mol. The zero-order valence-electron chi connectivity index (χ0n) is 5.47. The second kappa shape index (κ2) is 4.44. The normalized spacial score (nSPS) is 15.3. The quantitative estimate of drug-likeness (QED) is 0.457. The Balaban J connectivity index is 0.000001000. The van der Waals surface area contributed by atoms with Crippen molar-refractivity contribution in [1.29, 1.82) is 0 Å². The summed E-state index contributed by atoms with van der Waals surface area (Å²) in [6.07, 6.45) is 5.48. The van der Waals surface area contributed by atoms with Crippen molar-refractivity contribution in [3.63, 3.8) is 0 Å². The van der Waals surface area contributed by atoms with E-state index in [1.54, 1.807) is 6.08 Å². The predicted octanol–water partition coefficient (Wildman–Crippen LogP) is -0.0100. The summed E-state index contributed by atoms with van der Waals surface area (Å²) in [5.74, 6) is -1.19. The van der Waals surface area contributed by atoms with E-state index in [0.717, 1.165) is 0 Å². The molecular weight excluding hydrogens is 212 g/mol. The van der Waals surface area contributed by atoms with Crippen LogP contribution in [0.5, 0.6) is 0 Å². The van der Waals surface area contributed by atoms with Crippen molar-refractivity contribution in [2.75, 3.05) is 0 Å². The van der Waals surface area contributed by atoms with Gasteiger partial charge in [-0.1, -0.05) is 30.4 Å². The number of hydrogen-bond donors (Lipinski definition) is 0. The number of rotatable bonds is 1. The van der Waals surface area contributed by atoms with E-state index in [4.69, 9.17) is 12.2 Å². The van der Waals surface area contributed by atoms with Crippen LogP contribution in [-0.2, 0) is 21.9 Å². The first-order valence-electron chi connectivity index (χ1n) is 2.83. The SMILES string of the molecule is O=C([O-])C1=CC=CCC1=S.[Cu+]. The van der Waals surface area contributed by atoms with Crippen LogP contribution < -0.4 is 5.11 Å². The molecule has 0 fully saturated rings. The molecule has 0 heterocycles. The van der Waals surface area contributed by atoms with Gasteiger partial charge in [0.25, 0.3) is 0 Å². The van der Waals surface area contributed by atoms with Crippen LogP contribution in [-0.4, -0.2) is 10.8 Å². The molecule has 0 aromatic heterocycles. The Labute approximate surface area is 80.5 Å². The van der Waals surface area contributed by atoms with Gasteiger partial charge in [-0.3, -0.25) is 0 Å². The summed E-state index contributed by atoms with van der Waals surface area (Å²) in [5, 5.41) is 10.3. The van der Waals surface area contributed by atoms with Crippen LogP contribution in [0.4, 0.5) is 0 Å². The number of hydrogen-bond acceptors (Lipinski definition) is 3. The molecule has 0 aliphatic heterocycles. The van der Waals surface area contributed by atoms with Crippen molar-refractivity contribution in [3.05, 3.63) is 23.8 Å². The Hall–Kier alpha value is -0.441. The molecule has 0 amide bonds. The van der Waals surface area contributed by atoms with Gasteiger partial charge in [0.05, 0.1) is 5.97 Å². The molecule has 0 aromatic rings. The molecule has 2 nitrogen and oxygen atoms in total. The molecule has 0 bridgehead atoms. The van der Waals surface area contributed by atoms with Crippen molar-refractivity contribution in [3.8, 4) is 0 Å². The zero-order chi connectivity index (χ0) is 7.56. The van der Waals surface area contributed by atoms with E-state index in [2.05, 4.69) is 0 Å². The molecule has 0 radical (unpaired) electrons. The summed E-state index contributed by atoms with van der Waals surface area (Å²) in [6.45, 7) is 0. The van der Waals surface area contributed by atoms with Crippen molar-refractivity contribution in [2.45, 2.75) is 6.42 Å². The number of carboxylic acids is 1. The van der Waals surface area contributed by atoms with Gasteiger partial charge in [0.1, 0.15) is 0 Å². The van der Waals surface area contributed by atoms with E-state index < -0.39 is 5.97 Å². The summed E-state index contributed by atoms with van der Waals surface area (Å²) in [6, 6.07) is 0. The summed E-state index contributed by atoms with van der Waals surface area (Å²) < 4.78 is 0. The van der Waals surface area contributed by atoms with Crippen LogP contribution in [0.2, 0.25) is 0 Å². The average molecular weight is 217 g/mol. The maximum atomic E-state index is 10.3. The second-order valence-corrected chi connectivity index (χ2v) is 2.42. The predicted molar refractivity (Wildman–Crippen MR) is 39.4 cm³/mol. The largest absolute Gasteiger partial charge is 1.00 e. The number of allylic oxidation sites excluding steroid dienone is 3. The fourth-order valence-corrected chi connectivity index (χ4v) is 0.972. The Kier molecular flexibility index (Phi) is 4.26. The van der Waals surface area contributed by atoms with Crippen LogP contribution in [0, 0.1) is 0 Å². The molecule has 0 N–H and O–H groups in total. The molecule has 1 rings (SSSR count). The number of carbonyl (C=O) groups is 1. The molecule has 1 aliphatic rings. The van der Waals surface area contributed by atoms with Crippen LogP contribution in [0.3, 0.4) is 0 Å². The van der Waals surface area contributed by atoms with Crippen LogP contribution >= 0.6 is 12.2 Å². The van der Waals surface area contributed by atoms with Gasteiger partial charge in [0, 0.05) is 16.9 Å². The summed E-state index contributed by atoms with van der Waals surface area (Å²) >= 11 is 4.76.